The molecule has 3 amide bonds. The lowest BCUT2D eigenvalue weighted by molar-refractivity contribution is -0.140. The van der Waals surface area contributed by atoms with E-state index >= 15 is 0 Å². The van der Waals surface area contributed by atoms with E-state index in [-0.39, 0.29) is 6.04 Å². The molecule has 2 aromatic rings. The van der Waals surface area contributed by atoms with Gasteiger partial charge in [0.15, 0.2) is 0 Å². The number of furan rings is 1. The predicted molar refractivity (Wildman–Crippen MR) is 92.1 cm³/mol. The van der Waals surface area contributed by atoms with Gasteiger partial charge in [-0.05, 0) is 25.0 Å². The lowest BCUT2D eigenvalue weighted by atomic mass is 10.1. The van der Waals surface area contributed by atoms with Crippen LogP contribution in [-0.2, 0) is 20.8 Å². The van der Waals surface area contributed by atoms with Crippen molar-refractivity contribution < 1.29 is 18.8 Å². The molecule has 0 radical (unpaired) electrons. The van der Waals surface area contributed by atoms with Gasteiger partial charge in [-0.2, -0.15) is 0 Å². The molecule has 0 saturated heterocycles. The molecule has 130 valence electrons. The third-order valence-electron chi connectivity index (χ3n) is 3.85. The van der Waals surface area contributed by atoms with Gasteiger partial charge in [0.25, 0.3) is 5.91 Å². The van der Waals surface area contributed by atoms with Gasteiger partial charge in [-0.3, -0.25) is 25.2 Å². The van der Waals surface area contributed by atoms with Crippen LogP contribution < -0.4 is 16.2 Å². The van der Waals surface area contributed by atoms with Crippen LogP contribution in [0.2, 0.25) is 0 Å². The average molecular weight is 341 g/mol. The fraction of sp³-hybridized carbons (Fsp3) is 0.278. The maximum atomic E-state index is 11.9. The third kappa shape index (κ3) is 4.06. The number of carbonyl (C=O) groups is 3. The number of nitrogens with one attached hydrogen (secondary N) is 3. The highest BCUT2D eigenvalue weighted by Crippen LogP contribution is 2.27. The quantitative estimate of drug-likeness (QED) is 0.445. The molecule has 7 heteroatoms. The second-order valence-corrected chi connectivity index (χ2v) is 5.81. The Labute approximate surface area is 144 Å². The van der Waals surface area contributed by atoms with Gasteiger partial charge in [0.05, 0.1) is 0 Å². The first kappa shape index (κ1) is 16.8. The van der Waals surface area contributed by atoms with Crippen molar-refractivity contribution >= 4 is 34.8 Å². The lowest BCUT2D eigenvalue weighted by Gasteiger charge is -2.05. The molecule has 0 spiro atoms. The summed E-state index contributed by atoms with van der Waals surface area (Å²) in [6, 6.07) is 7.64. The Morgan fingerprint density at radius 1 is 1.16 bits per heavy atom. The third-order valence-corrected chi connectivity index (χ3v) is 3.85. The molecule has 3 rings (SSSR count). The maximum Gasteiger partial charge on any atom is 0.327 e. The summed E-state index contributed by atoms with van der Waals surface area (Å²) < 4.78 is 5.75. The zero-order valence-corrected chi connectivity index (χ0v) is 13.8. The smallest absolute Gasteiger partial charge is 0.327 e. The van der Waals surface area contributed by atoms with Crippen LogP contribution in [0.5, 0.6) is 0 Å². The minimum Gasteiger partial charge on any atom is -0.460 e. The summed E-state index contributed by atoms with van der Waals surface area (Å²) in [5.41, 5.74) is 5.85. The highest BCUT2D eigenvalue weighted by molar-refractivity contribution is 6.35. The van der Waals surface area contributed by atoms with Crippen molar-refractivity contribution in [3.8, 4) is 0 Å². The van der Waals surface area contributed by atoms with Crippen molar-refractivity contribution in [1.29, 1.82) is 0 Å². The SMILES string of the molecule is CCc1oc2ccccc2c1/C=C/C(=O)NNC(=O)C(=O)NC1CC1. The zero-order chi connectivity index (χ0) is 17.8. The Morgan fingerprint density at radius 2 is 1.92 bits per heavy atom. The highest BCUT2D eigenvalue weighted by atomic mass is 16.3. The van der Waals surface area contributed by atoms with E-state index in [1.54, 1.807) is 6.08 Å². The molecular weight excluding hydrogens is 322 g/mol. The van der Waals surface area contributed by atoms with Gasteiger partial charge in [0.1, 0.15) is 11.3 Å². The van der Waals surface area contributed by atoms with Crippen LogP contribution in [0.15, 0.2) is 34.8 Å². The zero-order valence-electron chi connectivity index (χ0n) is 13.8. The van der Waals surface area contributed by atoms with Crippen LogP contribution >= 0.6 is 0 Å². The van der Waals surface area contributed by atoms with E-state index in [0.29, 0.717) is 6.42 Å². The number of aryl methyl sites for hydroxylation is 1. The highest BCUT2D eigenvalue weighted by Gasteiger charge is 2.26. The van der Waals surface area contributed by atoms with Gasteiger partial charge >= 0.3 is 11.8 Å². The number of hydrogen-bond acceptors (Lipinski definition) is 4. The van der Waals surface area contributed by atoms with Gasteiger partial charge in [0, 0.05) is 29.5 Å². The Bertz CT molecular complexity index is 849. The molecule has 7 nitrogen and oxygen atoms in total. The first-order valence-electron chi connectivity index (χ1n) is 8.17. The standard InChI is InChI=1S/C18H19N3O4/c1-2-14-13(12-5-3-4-6-15(12)25-14)9-10-16(22)20-21-18(24)17(23)19-11-7-8-11/h3-6,9-11H,2,7-8H2,1H3,(H,19,23)(H,20,22)(H,21,24)/b10-9+. The van der Waals surface area contributed by atoms with Crippen LogP contribution in [0.25, 0.3) is 17.0 Å². The second-order valence-electron chi connectivity index (χ2n) is 5.81. The molecule has 25 heavy (non-hydrogen) atoms. The number of benzene rings is 1. The van der Waals surface area contributed by atoms with E-state index < -0.39 is 17.7 Å². The summed E-state index contributed by atoms with van der Waals surface area (Å²) in [4.78, 5) is 34.9. The molecule has 3 N–H and O–H groups in total. The summed E-state index contributed by atoms with van der Waals surface area (Å²) >= 11 is 0. The molecule has 0 atom stereocenters. The maximum absolute atomic E-state index is 11.9. The largest absolute Gasteiger partial charge is 0.460 e. The van der Waals surface area contributed by atoms with E-state index in [2.05, 4.69) is 16.2 Å². The molecule has 1 aromatic carbocycles. The Hall–Kier alpha value is -3.09. The van der Waals surface area contributed by atoms with Crippen LogP contribution in [0, 0.1) is 0 Å². The predicted octanol–water partition coefficient (Wildman–Crippen LogP) is 1.43. The van der Waals surface area contributed by atoms with E-state index in [9.17, 15) is 14.4 Å². The molecule has 0 bridgehead atoms. The Kier molecular flexibility index (Phi) is 4.83. The minimum atomic E-state index is -0.892. The topological polar surface area (TPSA) is 100 Å². The van der Waals surface area contributed by atoms with Gasteiger partial charge < -0.3 is 9.73 Å². The fourth-order valence-electron chi connectivity index (χ4n) is 2.42. The fourth-order valence-corrected chi connectivity index (χ4v) is 2.42. The summed E-state index contributed by atoms with van der Waals surface area (Å²) in [5.74, 6) is -1.41. The normalized spacial score (nSPS) is 13.8. The van der Waals surface area contributed by atoms with Crippen LogP contribution in [0.1, 0.15) is 31.1 Å². The minimum absolute atomic E-state index is 0.0793. The van der Waals surface area contributed by atoms with Crippen molar-refractivity contribution in [2.24, 2.45) is 0 Å². The molecule has 1 aliphatic rings. The van der Waals surface area contributed by atoms with Crippen LogP contribution in [-0.4, -0.2) is 23.8 Å². The monoisotopic (exact) mass is 341 g/mol. The van der Waals surface area contributed by atoms with E-state index in [4.69, 9.17) is 4.42 Å². The molecular formula is C18H19N3O4. The lowest BCUT2D eigenvalue weighted by Crippen LogP contribution is -2.48. The molecule has 1 saturated carbocycles. The number of para-hydroxylation sites is 1. The van der Waals surface area contributed by atoms with Crippen molar-refractivity contribution in [3.63, 3.8) is 0 Å². The molecule has 1 aromatic heterocycles. The van der Waals surface area contributed by atoms with Gasteiger partial charge in [0.2, 0.25) is 0 Å². The van der Waals surface area contributed by atoms with Gasteiger partial charge in [-0.25, -0.2) is 0 Å². The summed E-state index contributed by atoms with van der Waals surface area (Å²) in [5, 5.41) is 3.45. The van der Waals surface area contributed by atoms with E-state index in [0.717, 1.165) is 35.1 Å². The molecule has 1 heterocycles. The Morgan fingerprint density at radius 3 is 2.64 bits per heavy atom. The number of hydrogen-bond donors (Lipinski definition) is 3. The van der Waals surface area contributed by atoms with Gasteiger partial charge in [-0.1, -0.05) is 25.1 Å². The average Bonchev–Trinajstić information content (AvgIpc) is 3.36. The number of rotatable bonds is 4. The van der Waals surface area contributed by atoms with Crippen molar-refractivity contribution in [3.05, 3.63) is 41.7 Å². The summed E-state index contributed by atoms with van der Waals surface area (Å²) in [7, 11) is 0. The van der Waals surface area contributed by atoms with E-state index in [1.807, 2.05) is 31.2 Å². The van der Waals surface area contributed by atoms with Crippen molar-refractivity contribution in [2.75, 3.05) is 0 Å². The van der Waals surface area contributed by atoms with Crippen LogP contribution in [0.4, 0.5) is 0 Å². The number of fused-ring (bicyclic) bond motifs is 1. The summed E-state index contributed by atoms with van der Waals surface area (Å²) in [6.45, 7) is 1.97. The van der Waals surface area contributed by atoms with E-state index in [1.165, 1.54) is 6.08 Å². The first-order chi connectivity index (χ1) is 12.1. The molecule has 1 fully saturated rings. The summed E-state index contributed by atoms with van der Waals surface area (Å²) in [6.07, 6.45) is 5.37. The van der Waals surface area contributed by atoms with Crippen LogP contribution in [0.3, 0.4) is 0 Å². The molecule has 1 aliphatic carbocycles. The number of carbonyl (C=O) groups excluding carboxylic acids is 3. The number of hydrazine groups is 1. The molecule has 0 unspecified atom stereocenters. The first-order valence-corrected chi connectivity index (χ1v) is 8.17. The van der Waals surface area contributed by atoms with Gasteiger partial charge in [-0.15, -0.1) is 0 Å². The van der Waals surface area contributed by atoms with Crippen molar-refractivity contribution in [2.45, 2.75) is 32.2 Å². The number of amides is 3. The molecule has 0 aliphatic heterocycles. The Balaban J connectivity index is 1.60. The second kappa shape index (κ2) is 7.21. The van der Waals surface area contributed by atoms with Crippen molar-refractivity contribution in [1.82, 2.24) is 16.2 Å².